The summed E-state index contributed by atoms with van der Waals surface area (Å²) in [6, 6.07) is 3.58. The van der Waals surface area contributed by atoms with Gasteiger partial charge >= 0.3 is 5.97 Å². The monoisotopic (exact) mass is 201 g/mol. The molecule has 0 aliphatic carbocycles. The highest BCUT2D eigenvalue weighted by Gasteiger charge is 2.07. The topological polar surface area (TPSA) is 72.5 Å². The molecule has 1 atom stereocenters. The van der Waals surface area contributed by atoms with Gasteiger partial charge in [0.05, 0.1) is 12.6 Å². The van der Waals surface area contributed by atoms with E-state index in [1.165, 1.54) is 11.3 Å². The second kappa shape index (κ2) is 4.96. The summed E-state index contributed by atoms with van der Waals surface area (Å²) in [5.41, 5.74) is 5.72. The number of ether oxygens (including phenoxy) is 1. The molecule has 1 unspecified atom stereocenters. The third-order valence-electron chi connectivity index (χ3n) is 1.43. The van der Waals surface area contributed by atoms with Gasteiger partial charge in [-0.25, -0.2) is 4.79 Å². The Morgan fingerprint density at radius 3 is 3.08 bits per heavy atom. The zero-order chi connectivity index (χ0) is 9.68. The zero-order valence-corrected chi connectivity index (χ0v) is 7.79. The van der Waals surface area contributed by atoms with Crippen molar-refractivity contribution in [3.63, 3.8) is 0 Å². The molecule has 1 rings (SSSR count). The number of aliphatic carboxylic acids is 1. The van der Waals surface area contributed by atoms with Crippen LogP contribution in [0.1, 0.15) is 10.9 Å². The minimum absolute atomic E-state index is 0.223. The van der Waals surface area contributed by atoms with E-state index in [1.807, 2.05) is 17.5 Å². The average Bonchev–Trinajstić information content (AvgIpc) is 2.55. The van der Waals surface area contributed by atoms with Crippen LogP contribution in [0.5, 0.6) is 0 Å². The average molecular weight is 201 g/mol. The maximum absolute atomic E-state index is 10.1. The molecule has 1 heterocycles. The minimum atomic E-state index is -0.974. The summed E-state index contributed by atoms with van der Waals surface area (Å²) in [6.45, 7) is -0.0497. The van der Waals surface area contributed by atoms with E-state index in [-0.39, 0.29) is 19.3 Å². The van der Waals surface area contributed by atoms with E-state index in [9.17, 15) is 4.79 Å². The molecule has 0 aliphatic rings. The first-order valence-corrected chi connectivity index (χ1v) is 4.66. The van der Waals surface area contributed by atoms with Crippen LogP contribution in [-0.4, -0.2) is 24.3 Å². The van der Waals surface area contributed by atoms with Crippen molar-refractivity contribution in [2.45, 2.75) is 6.04 Å². The van der Waals surface area contributed by atoms with Gasteiger partial charge in [-0.05, 0) is 11.4 Å². The third-order valence-corrected chi connectivity index (χ3v) is 2.44. The minimum Gasteiger partial charge on any atom is -0.480 e. The SMILES string of the molecule is NC(COCC(=O)O)c1cccs1. The molecule has 1 aromatic heterocycles. The Bertz CT molecular complexity index is 260. The van der Waals surface area contributed by atoms with E-state index in [0.29, 0.717) is 0 Å². The van der Waals surface area contributed by atoms with Gasteiger partial charge in [0.15, 0.2) is 0 Å². The van der Waals surface area contributed by atoms with E-state index < -0.39 is 5.97 Å². The lowest BCUT2D eigenvalue weighted by molar-refractivity contribution is -0.142. The van der Waals surface area contributed by atoms with Crippen molar-refractivity contribution < 1.29 is 14.6 Å². The smallest absolute Gasteiger partial charge is 0.329 e. The van der Waals surface area contributed by atoms with Gasteiger partial charge in [-0.15, -0.1) is 11.3 Å². The molecule has 0 bridgehead atoms. The predicted molar refractivity (Wildman–Crippen MR) is 49.7 cm³/mol. The van der Waals surface area contributed by atoms with Crippen molar-refractivity contribution in [3.05, 3.63) is 22.4 Å². The van der Waals surface area contributed by atoms with Crippen LogP contribution in [0.4, 0.5) is 0 Å². The number of thiophene rings is 1. The van der Waals surface area contributed by atoms with Crippen molar-refractivity contribution in [1.82, 2.24) is 0 Å². The van der Waals surface area contributed by atoms with Gasteiger partial charge in [-0.1, -0.05) is 6.07 Å². The molecule has 5 heteroatoms. The number of hydrogen-bond acceptors (Lipinski definition) is 4. The highest BCUT2D eigenvalue weighted by atomic mass is 32.1. The number of nitrogens with two attached hydrogens (primary N) is 1. The summed E-state index contributed by atoms with van der Waals surface area (Å²) >= 11 is 1.54. The predicted octanol–water partition coefficient (Wildman–Crippen LogP) is 0.849. The summed E-state index contributed by atoms with van der Waals surface area (Å²) in [4.78, 5) is 11.1. The molecule has 0 amide bonds. The number of carbonyl (C=O) groups is 1. The van der Waals surface area contributed by atoms with E-state index >= 15 is 0 Å². The molecule has 3 N–H and O–H groups in total. The lowest BCUT2D eigenvalue weighted by Crippen LogP contribution is -2.18. The number of rotatable bonds is 5. The lowest BCUT2D eigenvalue weighted by atomic mass is 10.3. The molecule has 72 valence electrons. The molecule has 0 aromatic carbocycles. The van der Waals surface area contributed by atoms with Gasteiger partial charge in [0.2, 0.25) is 0 Å². The maximum atomic E-state index is 10.1. The van der Waals surface area contributed by atoms with Crippen LogP contribution >= 0.6 is 11.3 Å². The van der Waals surface area contributed by atoms with Crippen LogP contribution in [0.25, 0.3) is 0 Å². The lowest BCUT2D eigenvalue weighted by Gasteiger charge is -2.08. The first kappa shape index (κ1) is 10.2. The van der Waals surface area contributed by atoms with E-state index in [4.69, 9.17) is 15.6 Å². The summed E-state index contributed by atoms with van der Waals surface area (Å²) in [5.74, 6) is -0.974. The Morgan fingerprint density at radius 1 is 1.77 bits per heavy atom. The molecule has 0 aliphatic heterocycles. The molecular formula is C8H11NO3S. The molecule has 0 spiro atoms. The highest BCUT2D eigenvalue weighted by molar-refractivity contribution is 7.10. The van der Waals surface area contributed by atoms with Gasteiger partial charge in [0.1, 0.15) is 6.61 Å². The van der Waals surface area contributed by atoms with Gasteiger partial charge in [-0.3, -0.25) is 0 Å². The van der Waals surface area contributed by atoms with Crippen LogP contribution in [0, 0.1) is 0 Å². The van der Waals surface area contributed by atoms with Crippen LogP contribution < -0.4 is 5.73 Å². The number of carboxylic acid groups (broad SMARTS) is 1. The standard InChI is InChI=1S/C8H11NO3S/c9-6(4-12-5-8(10)11)7-2-1-3-13-7/h1-3,6H,4-5,9H2,(H,10,11). The van der Waals surface area contributed by atoms with Gasteiger partial charge in [-0.2, -0.15) is 0 Å². The Kier molecular flexibility index (Phi) is 3.88. The molecule has 13 heavy (non-hydrogen) atoms. The molecule has 1 aromatic rings. The maximum Gasteiger partial charge on any atom is 0.329 e. The normalized spacial score (nSPS) is 12.7. The third kappa shape index (κ3) is 3.54. The second-order valence-electron chi connectivity index (χ2n) is 2.53. The molecular weight excluding hydrogens is 190 g/mol. The number of hydrogen-bond donors (Lipinski definition) is 2. The molecule has 0 saturated carbocycles. The van der Waals surface area contributed by atoms with E-state index in [2.05, 4.69) is 0 Å². The van der Waals surface area contributed by atoms with Crippen LogP contribution in [-0.2, 0) is 9.53 Å². The summed E-state index contributed by atoms with van der Waals surface area (Å²) in [7, 11) is 0. The Balaban J connectivity index is 2.26. The van der Waals surface area contributed by atoms with Crippen molar-refractivity contribution in [2.24, 2.45) is 5.73 Å². The van der Waals surface area contributed by atoms with Crippen LogP contribution in [0.15, 0.2) is 17.5 Å². The van der Waals surface area contributed by atoms with Gasteiger partial charge < -0.3 is 15.6 Å². The van der Waals surface area contributed by atoms with Gasteiger partial charge in [0, 0.05) is 4.88 Å². The summed E-state index contributed by atoms with van der Waals surface area (Å²) in [5, 5.41) is 10.2. The fourth-order valence-corrected chi connectivity index (χ4v) is 1.57. The number of carboxylic acids is 1. The molecule has 4 nitrogen and oxygen atoms in total. The fourth-order valence-electron chi connectivity index (χ4n) is 0.858. The quantitative estimate of drug-likeness (QED) is 0.740. The summed E-state index contributed by atoms with van der Waals surface area (Å²) < 4.78 is 4.86. The molecule has 0 fully saturated rings. The summed E-state index contributed by atoms with van der Waals surface area (Å²) in [6.07, 6.45) is 0. The first-order chi connectivity index (χ1) is 6.20. The van der Waals surface area contributed by atoms with Crippen molar-refractivity contribution in [1.29, 1.82) is 0 Å². The van der Waals surface area contributed by atoms with Crippen LogP contribution in [0.3, 0.4) is 0 Å². The van der Waals surface area contributed by atoms with Crippen molar-refractivity contribution >= 4 is 17.3 Å². The molecule has 0 saturated heterocycles. The zero-order valence-electron chi connectivity index (χ0n) is 6.97. The highest BCUT2D eigenvalue weighted by Crippen LogP contribution is 2.16. The van der Waals surface area contributed by atoms with Gasteiger partial charge in [0.25, 0.3) is 0 Å². The Labute approximate surface area is 79.9 Å². The largest absolute Gasteiger partial charge is 0.480 e. The first-order valence-electron chi connectivity index (χ1n) is 3.78. The van der Waals surface area contributed by atoms with Crippen molar-refractivity contribution in [3.8, 4) is 0 Å². The van der Waals surface area contributed by atoms with Crippen molar-refractivity contribution in [2.75, 3.05) is 13.2 Å². The fraction of sp³-hybridized carbons (Fsp3) is 0.375. The Morgan fingerprint density at radius 2 is 2.54 bits per heavy atom. The van der Waals surface area contributed by atoms with E-state index in [0.717, 1.165) is 4.88 Å². The molecule has 0 radical (unpaired) electrons. The van der Waals surface area contributed by atoms with E-state index in [1.54, 1.807) is 0 Å². The Hall–Kier alpha value is -0.910. The van der Waals surface area contributed by atoms with Crippen LogP contribution in [0.2, 0.25) is 0 Å². The second-order valence-corrected chi connectivity index (χ2v) is 3.51.